The van der Waals surface area contributed by atoms with Crippen molar-refractivity contribution in [1.82, 2.24) is 15.0 Å². The summed E-state index contributed by atoms with van der Waals surface area (Å²) in [4.78, 5) is 14.2. The molecule has 0 saturated heterocycles. The van der Waals surface area contributed by atoms with Gasteiger partial charge < -0.3 is 14.2 Å². The standard InChI is InChI=1S/C43H37N3O6S2/c1-33-2-10-43(11-3-33)54(47,48)52-53(40-12-4-37(5-13-40)49-30-34-18-24-44-25-19-34,41-14-6-38(7-15-41)50-31-35-20-26-45-27-21-35)42-16-8-39(9-17-42)51-32-36-22-28-46-29-23-36/h2-29H,30-32H2,1H3. The SMILES string of the molecule is Cc1ccc(S(=O)(=O)OS(c2ccc(OCc3ccncc3)cc2)(c2ccc(OCc3ccncc3)cc2)c2ccc(OCc3ccncc3)cc2)cc1. The summed E-state index contributed by atoms with van der Waals surface area (Å²) in [5, 5.41) is 0. The van der Waals surface area contributed by atoms with E-state index in [4.69, 9.17) is 17.8 Å². The third-order valence-corrected chi connectivity index (χ3v) is 13.6. The third kappa shape index (κ3) is 8.78. The van der Waals surface area contributed by atoms with Crippen molar-refractivity contribution in [3.8, 4) is 17.2 Å². The summed E-state index contributed by atoms with van der Waals surface area (Å²) in [5.41, 5.74) is 3.84. The van der Waals surface area contributed by atoms with Crippen molar-refractivity contribution in [1.29, 1.82) is 0 Å². The third-order valence-electron chi connectivity index (χ3n) is 8.43. The summed E-state index contributed by atoms with van der Waals surface area (Å²) in [6, 6.07) is 40.2. The van der Waals surface area contributed by atoms with Crippen molar-refractivity contribution in [2.75, 3.05) is 0 Å². The van der Waals surface area contributed by atoms with Crippen LogP contribution in [-0.4, -0.2) is 23.4 Å². The summed E-state index contributed by atoms with van der Waals surface area (Å²) < 4.78 is 53.6. The molecule has 54 heavy (non-hydrogen) atoms. The molecule has 0 spiro atoms. The van der Waals surface area contributed by atoms with Crippen LogP contribution in [0.3, 0.4) is 0 Å². The normalized spacial score (nSPS) is 11.8. The molecule has 4 aromatic carbocycles. The molecular formula is C43H37N3O6S2. The van der Waals surface area contributed by atoms with Gasteiger partial charge in [0.15, 0.2) is 0 Å². The zero-order chi connectivity index (χ0) is 37.2. The van der Waals surface area contributed by atoms with Crippen LogP contribution in [0, 0.1) is 6.92 Å². The van der Waals surface area contributed by atoms with E-state index in [0.717, 1.165) is 22.3 Å². The number of ether oxygens (including phenoxy) is 3. The largest absolute Gasteiger partial charge is 0.489 e. The van der Waals surface area contributed by atoms with Gasteiger partial charge in [-0.1, -0.05) is 17.7 Å². The van der Waals surface area contributed by atoms with Crippen molar-refractivity contribution in [2.45, 2.75) is 46.3 Å². The van der Waals surface area contributed by atoms with Gasteiger partial charge in [0.25, 0.3) is 0 Å². The Labute approximate surface area is 316 Å². The van der Waals surface area contributed by atoms with Gasteiger partial charge in [-0.25, -0.2) is 3.63 Å². The number of aromatic nitrogens is 3. The minimum atomic E-state index is -4.32. The van der Waals surface area contributed by atoms with E-state index in [0.29, 0.717) is 51.8 Å². The highest BCUT2D eigenvalue weighted by Crippen LogP contribution is 2.70. The van der Waals surface area contributed by atoms with Gasteiger partial charge in [-0.05, 0) is 155 Å². The molecular weight excluding hydrogens is 719 g/mol. The highest BCUT2D eigenvalue weighted by molar-refractivity contribution is 8.33. The molecule has 3 aromatic heterocycles. The Morgan fingerprint density at radius 2 is 0.704 bits per heavy atom. The monoisotopic (exact) mass is 755 g/mol. The molecule has 7 rings (SSSR count). The van der Waals surface area contributed by atoms with E-state index >= 15 is 0 Å². The van der Waals surface area contributed by atoms with Crippen molar-refractivity contribution in [3.63, 3.8) is 0 Å². The number of rotatable bonds is 15. The number of aryl methyl sites for hydroxylation is 1. The molecule has 7 aromatic rings. The molecule has 3 heterocycles. The zero-order valence-electron chi connectivity index (χ0n) is 29.4. The van der Waals surface area contributed by atoms with E-state index in [1.165, 1.54) is 0 Å². The molecule has 0 atom stereocenters. The molecule has 0 bridgehead atoms. The van der Waals surface area contributed by atoms with E-state index < -0.39 is 20.4 Å². The average Bonchev–Trinajstić information content (AvgIpc) is 3.22. The second-order valence-electron chi connectivity index (χ2n) is 12.2. The minimum absolute atomic E-state index is 0.0527. The number of pyridine rings is 3. The molecule has 0 aliphatic heterocycles. The second kappa shape index (κ2) is 16.8. The van der Waals surface area contributed by atoms with Gasteiger partial charge in [-0.3, -0.25) is 15.0 Å². The fourth-order valence-electron chi connectivity index (χ4n) is 5.52. The van der Waals surface area contributed by atoms with Gasteiger partial charge in [0.2, 0.25) is 0 Å². The maximum atomic E-state index is 14.4. The van der Waals surface area contributed by atoms with E-state index in [1.807, 2.05) is 116 Å². The lowest BCUT2D eigenvalue weighted by molar-refractivity contribution is 0.306. The molecule has 0 saturated carbocycles. The summed E-state index contributed by atoms with van der Waals surface area (Å²) >= 11 is 0. The number of benzene rings is 4. The Morgan fingerprint density at radius 1 is 0.407 bits per heavy atom. The molecule has 0 fully saturated rings. The number of nitrogens with zero attached hydrogens (tertiary/aromatic N) is 3. The van der Waals surface area contributed by atoms with Gasteiger partial charge in [0.05, 0.1) is 4.90 Å². The van der Waals surface area contributed by atoms with Crippen LogP contribution in [0.5, 0.6) is 17.2 Å². The van der Waals surface area contributed by atoms with Crippen molar-refractivity contribution in [3.05, 3.63) is 193 Å². The van der Waals surface area contributed by atoms with E-state index in [9.17, 15) is 8.42 Å². The first-order valence-corrected chi connectivity index (χ1v) is 20.1. The Bertz CT molecular complexity index is 2140. The lowest BCUT2D eigenvalue weighted by Crippen LogP contribution is -2.15. The Balaban J connectivity index is 1.30. The molecule has 11 heteroatoms. The predicted molar refractivity (Wildman–Crippen MR) is 207 cm³/mol. The molecule has 0 unspecified atom stereocenters. The second-order valence-corrected chi connectivity index (χ2v) is 16.7. The quantitative estimate of drug-likeness (QED) is 0.101. The summed E-state index contributed by atoms with van der Waals surface area (Å²) in [5.74, 6) is 1.85. The fraction of sp³-hybridized carbons (Fsp3) is 0.0930. The van der Waals surface area contributed by atoms with Crippen LogP contribution >= 0.6 is 10.3 Å². The number of hydrogen-bond donors (Lipinski definition) is 0. The van der Waals surface area contributed by atoms with Gasteiger partial charge in [-0.15, -0.1) is 0 Å². The Kier molecular flexibility index (Phi) is 11.3. The first-order chi connectivity index (χ1) is 26.4. The Hall–Kier alpha value is -6.01. The van der Waals surface area contributed by atoms with Crippen molar-refractivity contribution >= 4 is 20.4 Å². The van der Waals surface area contributed by atoms with Gasteiger partial charge in [-0.2, -0.15) is 8.42 Å². The van der Waals surface area contributed by atoms with Crippen LogP contribution < -0.4 is 14.2 Å². The summed E-state index contributed by atoms with van der Waals surface area (Å²) in [6.45, 7) is 2.95. The number of hydrogen-bond acceptors (Lipinski definition) is 9. The minimum Gasteiger partial charge on any atom is -0.489 e. The maximum Gasteiger partial charge on any atom is 0.307 e. The van der Waals surface area contributed by atoms with Gasteiger partial charge >= 0.3 is 10.1 Å². The Morgan fingerprint density at radius 3 is 1.02 bits per heavy atom. The lowest BCUT2D eigenvalue weighted by Gasteiger charge is -2.39. The van der Waals surface area contributed by atoms with Crippen LogP contribution in [0.1, 0.15) is 22.3 Å². The molecule has 0 aliphatic carbocycles. The smallest absolute Gasteiger partial charge is 0.307 e. The van der Waals surface area contributed by atoms with Crippen LogP contribution in [0.25, 0.3) is 0 Å². The first-order valence-electron chi connectivity index (χ1n) is 17.1. The van der Waals surface area contributed by atoms with Gasteiger partial charge in [0.1, 0.15) is 37.1 Å². The van der Waals surface area contributed by atoms with E-state index in [2.05, 4.69) is 15.0 Å². The molecule has 0 N–H and O–H groups in total. The first kappa shape index (κ1) is 36.4. The van der Waals surface area contributed by atoms with Crippen LogP contribution in [0.2, 0.25) is 0 Å². The topological polar surface area (TPSA) is 110 Å². The summed E-state index contributed by atoms with van der Waals surface area (Å²) in [6.07, 6.45) is 10.3. The maximum absolute atomic E-state index is 14.4. The average molecular weight is 756 g/mol. The van der Waals surface area contributed by atoms with Crippen molar-refractivity contribution < 1.29 is 26.3 Å². The van der Waals surface area contributed by atoms with E-state index in [1.54, 1.807) is 61.4 Å². The molecule has 0 amide bonds. The molecule has 9 nitrogen and oxygen atoms in total. The zero-order valence-corrected chi connectivity index (χ0v) is 31.0. The predicted octanol–water partition coefficient (Wildman–Crippen LogP) is 9.52. The van der Waals surface area contributed by atoms with E-state index in [-0.39, 0.29) is 4.90 Å². The molecule has 0 aliphatic rings. The molecule has 272 valence electrons. The summed E-state index contributed by atoms with van der Waals surface area (Å²) in [7, 11) is -7.30. The van der Waals surface area contributed by atoms with Crippen LogP contribution in [-0.2, 0) is 33.6 Å². The van der Waals surface area contributed by atoms with Crippen LogP contribution in [0.15, 0.2) is 190 Å². The van der Waals surface area contributed by atoms with Crippen molar-refractivity contribution in [2.24, 2.45) is 0 Å². The molecule has 0 radical (unpaired) electrons. The van der Waals surface area contributed by atoms with Gasteiger partial charge in [0, 0.05) is 51.9 Å². The fourth-order valence-corrected chi connectivity index (χ4v) is 10.7. The van der Waals surface area contributed by atoms with Crippen LogP contribution in [0.4, 0.5) is 0 Å². The highest BCUT2D eigenvalue weighted by Gasteiger charge is 2.38. The lowest BCUT2D eigenvalue weighted by atomic mass is 10.2. The highest BCUT2D eigenvalue weighted by atomic mass is 32.3.